The minimum Gasteiger partial charge on any atom is -0.487 e. The Bertz CT molecular complexity index is 1070. The van der Waals surface area contributed by atoms with Crippen molar-refractivity contribution in [1.29, 1.82) is 0 Å². The Balaban J connectivity index is 1.58. The second kappa shape index (κ2) is 9.30. The minimum atomic E-state index is -0.296. The largest absolute Gasteiger partial charge is 0.487 e. The van der Waals surface area contributed by atoms with Gasteiger partial charge in [-0.1, -0.05) is 23.7 Å². The molecule has 0 saturated carbocycles. The summed E-state index contributed by atoms with van der Waals surface area (Å²) in [5.41, 5.74) is 2.50. The molecule has 30 heavy (non-hydrogen) atoms. The number of anilines is 1. The van der Waals surface area contributed by atoms with E-state index in [1.54, 1.807) is 34.9 Å². The zero-order valence-electron chi connectivity index (χ0n) is 15.4. The lowest BCUT2D eigenvalue weighted by Gasteiger charge is -2.25. The van der Waals surface area contributed by atoms with Gasteiger partial charge in [-0.15, -0.1) is 11.8 Å². The molecule has 3 nitrogen and oxygen atoms in total. The summed E-state index contributed by atoms with van der Waals surface area (Å²) in [6.07, 6.45) is 0. The number of halogens is 4. The molecule has 8 heteroatoms. The Morgan fingerprint density at radius 3 is 2.47 bits per heavy atom. The summed E-state index contributed by atoms with van der Waals surface area (Å²) in [7, 11) is 0. The number of benzene rings is 3. The van der Waals surface area contributed by atoms with Crippen molar-refractivity contribution in [2.75, 3.05) is 10.7 Å². The number of thioether (sulfide) groups is 1. The molecule has 0 unspecified atom stereocenters. The molecule has 3 aromatic carbocycles. The normalized spacial score (nSPS) is 16.2. The van der Waals surface area contributed by atoms with Crippen molar-refractivity contribution < 1.29 is 13.9 Å². The molecule has 1 heterocycles. The van der Waals surface area contributed by atoms with Crippen LogP contribution in [0.15, 0.2) is 69.6 Å². The molecule has 1 atom stereocenters. The van der Waals surface area contributed by atoms with Gasteiger partial charge >= 0.3 is 0 Å². The lowest BCUT2D eigenvalue weighted by molar-refractivity contribution is -0.115. The van der Waals surface area contributed by atoms with Gasteiger partial charge in [0.15, 0.2) is 0 Å². The maximum Gasteiger partial charge on any atom is 0.238 e. The van der Waals surface area contributed by atoms with Gasteiger partial charge in [0, 0.05) is 10.7 Å². The van der Waals surface area contributed by atoms with E-state index in [9.17, 15) is 9.18 Å². The smallest absolute Gasteiger partial charge is 0.238 e. The van der Waals surface area contributed by atoms with Gasteiger partial charge in [0.05, 0.1) is 14.7 Å². The van der Waals surface area contributed by atoms with Gasteiger partial charge in [-0.05, 0) is 91.5 Å². The number of hydrogen-bond acceptors (Lipinski definition) is 3. The van der Waals surface area contributed by atoms with Crippen LogP contribution in [0, 0.1) is 5.82 Å². The quantitative estimate of drug-likeness (QED) is 0.321. The fourth-order valence-electron chi connectivity index (χ4n) is 3.19. The molecule has 1 saturated heterocycles. The number of carbonyl (C=O) groups excluding carboxylic acids is 1. The van der Waals surface area contributed by atoms with Crippen LogP contribution in [-0.2, 0) is 11.4 Å². The molecular weight excluding hydrogens is 557 g/mol. The summed E-state index contributed by atoms with van der Waals surface area (Å²) in [5.74, 6) is 0.775. The lowest BCUT2D eigenvalue weighted by atomic mass is 10.1. The molecule has 1 aliphatic rings. The predicted molar refractivity (Wildman–Crippen MR) is 127 cm³/mol. The van der Waals surface area contributed by atoms with Gasteiger partial charge < -0.3 is 4.74 Å². The fraction of sp³-hybridized carbons (Fsp3) is 0.136. The molecule has 154 valence electrons. The summed E-state index contributed by atoms with van der Waals surface area (Å²) < 4.78 is 20.8. The summed E-state index contributed by atoms with van der Waals surface area (Å²) in [6.45, 7) is 0.238. The number of ether oxygens (including phenoxy) is 1. The lowest BCUT2D eigenvalue weighted by Crippen LogP contribution is -2.27. The van der Waals surface area contributed by atoms with Crippen LogP contribution in [0.2, 0.25) is 5.02 Å². The van der Waals surface area contributed by atoms with E-state index >= 15 is 0 Å². The van der Waals surface area contributed by atoms with Gasteiger partial charge in [-0.25, -0.2) is 4.39 Å². The van der Waals surface area contributed by atoms with E-state index in [2.05, 4.69) is 31.9 Å². The molecule has 0 aromatic heterocycles. The van der Waals surface area contributed by atoms with Crippen LogP contribution in [0.4, 0.5) is 10.1 Å². The first-order valence-electron chi connectivity index (χ1n) is 8.98. The van der Waals surface area contributed by atoms with Gasteiger partial charge in [0.2, 0.25) is 5.91 Å². The van der Waals surface area contributed by atoms with Crippen molar-refractivity contribution in [3.8, 4) is 5.75 Å². The summed E-state index contributed by atoms with van der Waals surface area (Å²) in [5, 5.41) is 0.462. The highest BCUT2D eigenvalue weighted by Gasteiger charge is 2.34. The highest BCUT2D eigenvalue weighted by atomic mass is 79.9. The SMILES string of the molecule is O=C1CS[C@H](c2cc(Br)c(OCc3cccc(F)c3)c(Br)c2)N1c1ccc(Cl)cc1. The minimum absolute atomic E-state index is 0.0472. The molecule has 0 N–H and O–H groups in total. The summed E-state index contributed by atoms with van der Waals surface area (Å²) >= 11 is 14.7. The zero-order valence-corrected chi connectivity index (χ0v) is 20.2. The summed E-state index contributed by atoms with van der Waals surface area (Å²) in [6, 6.07) is 17.5. The molecule has 0 aliphatic carbocycles. The number of carbonyl (C=O) groups is 1. The molecule has 0 bridgehead atoms. The predicted octanol–water partition coefficient (Wildman–Crippen LogP) is 7.36. The molecule has 0 radical (unpaired) electrons. The van der Waals surface area contributed by atoms with Gasteiger partial charge in [-0.3, -0.25) is 9.69 Å². The molecular formula is C22H15Br2ClFNO2S. The van der Waals surface area contributed by atoms with Crippen LogP contribution in [0.25, 0.3) is 0 Å². The van der Waals surface area contributed by atoms with Crippen LogP contribution in [-0.4, -0.2) is 11.7 Å². The number of amides is 1. The van der Waals surface area contributed by atoms with Crippen LogP contribution in [0.5, 0.6) is 5.75 Å². The van der Waals surface area contributed by atoms with E-state index in [0.717, 1.165) is 25.8 Å². The van der Waals surface area contributed by atoms with Crippen LogP contribution in [0.1, 0.15) is 16.5 Å². The average Bonchev–Trinajstić information content (AvgIpc) is 3.09. The van der Waals surface area contributed by atoms with Crippen molar-refractivity contribution in [2.24, 2.45) is 0 Å². The summed E-state index contributed by atoms with van der Waals surface area (Å²) in [4.78, 5) is 14.3. The molecule has 1 aliphatic heterocycles. The number of nitrogens with zero attached hydrogens (tertiary/aromatic N) is 1. The van der Waals surface area contributed by atoms with Crippen molar-refractivity contribution in [1.82, 2.24) is 0 Å². The van der Waals surface area contributed by atoms with E-state index in [-0.39, 0.29) is 23.7 Å². The Morgan fingerprint density at radius 2 is 1.80 bits per heavy atom. The third-order valence-electron chi connectivity index (χ3n) is 4.55. The van der Waals surface area contributed by atoms with Crippen LogP contribution >= 0.6 is 55.2 Å². The second-order valence-electron chi connectivity index (χ2n) is 6.64. The van der Waals surface area contributed by atoms with Crippen LogP contribution < -0.4 is 9.64 Å². The first-order valence-corrected chi connectivity index (χ1v) is 12.0. The van der Waals surface area contributed by atoms with Crippen molar-refractivity contribution in [3.05, 3.63) is 91.6 Å². The number of hydrogen-bond donors (Lipinski definition) is 0. The van der Waals surface area contributed by atoms with Crippen molar-refractivity contribution in [2.45, 2.75) is 12.0 Å². The third kappa shape index (κ3) is 4.69. The molecule has 3 aromatic rings. The van der Waals surface area contributed by atoms with Crippen LogP contribution in [0.3, 0.4) is 0 Å². The van der Waals surface area contributed by atoms with Gasteiger partial charge in [0.25, 0.3) is 0 Å². The van der Waals surface area contributed by atoms with Gasteiger partial charge in [0.1, 0.15) is 23.5 Å². The first kappa shape index (κ1) is 21.7. The van der Waals surface area contributed by atoms with E-state index < -0.39 is 0 Å². The Labute approximate surface area is 199 Å². The van der Waals surface area contributed by atoms with E-state index in [4.69, 9.17) is 16.3 Å². The van der Waals surface area contributed by atoms with E-state index in [0.29, 0.717) is 16.5 Å². The second-order valence-corrected chi connectivity index (χ2v) is 9.85. The standard InChI is InChI=1S/C22H15Br2ClFNO2S/c23-18-9-14(10-19(24)21(18)29-11-13-2-1-3-16(26)8-13)22-27(20(28)12-30-22)17-6-4-15(25)5-7-17/h1-10,22H,11-12H2/t22-/m1/s1. The topological polar surface area (TPSA) is 29.5 Å². The van der Waals surface area contributed by atoms with Gasteiger partial charge in [-0.2, -0.15) is 0 Å². The number of rotatable bonds is 5. The Morgan fingerprint density at radius 1 is 1.10 bits per heavy atom. The Kier molecular flexibility index (Phi) is 6.72. The van der Waals surface area contributed by atoms with Crippen molar-refractivity contribution >= 4 is 66.8 Å². The Hall–Kier alpha value is -1.54. The van der Waals surface area contributed by atoms with Crippen molar-refractivity contribution in [3.63, 3.8) is 0 Å². The zero-order chi connectivity index (χ0) is 21.3. The fourth-order valence-corrected chi connectivity index (χ4v) is 5.93. The highest BCUT2D eigenvalue weighted by Crippen LogP contribution is 2.45. The molecule has 4 rings (SSSR count). The molecule has 1 fully saturated rings. The van der Waals surface area contributed by atoms with E-state index in [1.165, 1.54) is 12.1 Å². The average molecular weight is 572 g/mol. The molecule has 1 amide bonds. The third-order valence-corrected chi connectivity index (χ3v) is 7.19. The maximum absolute atomic E-state index is 13.4. The molecule has 0 spiro atoms. The van der Waals surface area contributed by atoms with E-state index in [1.807, 2.05) is 30.3 Å². The highest BCUT2D eigenvalue weighted by molar-refractivity contribution is 9.11. The maximum atomic E-state index is 13.4. The monoisotopic (exact) mass is 569 g/mol. The first-order chi connectivity index (χ1) is 14.4.